The lowest BCUT2D eigenvalue weighted by Gasteiger charge is -2.02. The van der Waals surface area contributed by atoms with Crippen LogP contribution in [0.3, 0.4) is 0 Å². The van der Waals surface area contributed by atoms with Crippen molar-refractivity contribution in [1.29, 1.82) is 0 Å². The van der Waals surface area contributed by atoms with E-state index in [0.29, 0.717) is 18.8 Å². The lowest BCUT2D eigenvalue weighted by molar-refractivity contribution is -0.116. The summed E-state index contributed by atoms with van der Waals surface area (Å²) < 4.78 is 0. The van der Waals surface area contributed by atoms with Crippen molar-refractivity contribution in [2.45, 2.75) is 12.8 Å². The van der Waals surface area contributed by atoms with Gasteiger partial charge in [-0.05, 0) is 6.42 Å². The van der Waals surface area contributed by atoms with Crippen LogP contribution in [0.2, 0.25) is 0 Å². The van der Waals surface area contributed by atoms with Crippen LogP contribution in [0, 0.1) is 0 Å². The number of H-pyrrole nitrogens is 2. The fraction of sp³-hybridized carbons (Fsp3) is 0.0952. The molecule has 27 heavy (non-hydrogen) atoms. The minimum atomic E-state index is -0.0995. The Balaban J connectivity index is 1.58. The van der Waals surface area contributed by atoms with Gasteiger partial charge >= 0.3 is 0 Å². The van der Waals surface area contributed by atoms with E-state index in [2.05, 4.69) is 25.3 Å². The van der Waals surface area contributed by atoms with E-state index in [4.69, 9.17) is 0 Å². The van der Waals surface area contributed by atoms with E-state index < -0.39 is 0 Å². The number of amides is 1. The second-order valence-electron chi connectivity index (χ2n) is 6.17. The Hall–Kier alpha value is -3.67. The Morgan fingerprint density at radius 1 is 0.963 bits per heavy atom. The summed E-state index contributed by atoms with van der Waals surface area (Å²) in [6, 6.07) is 19.9. The smallest absolute Gasteiger partial charge is 0.227 e. The molecule has 0 atom stereocenters. The summed E-state index contributed by atoms with van der Waals surface area (Å²) in [4.78, 5) is 27.1. The first-order valence-electron chi connectivity index (χ1n) is 8.77. The average molecular weight is 357 g/mol. The van der Waals surface area contributed by atoms with E-state index in [1.165, 1.54) is 0 Å². The molecule has 0 fully saturated rings. The highest BCUT2D eigenvalue weighted by Crippen LogP contribution is 2.31. The molecule has 2 heterocycles. The molecule has 2 aromatic heterocycles. The normalized spacial score (nSPS) is 10.7. The van der Waals surface area contributed by atoms with Gasteiger partial charge in [-0.25, -0.2) is 9.97 Å². The molecular formula is C21H19N5O. The van der Waals surface area contributed by atoms with Crippen molar-refractivity contribution in [1.82, 2.24) is 19.9 Å². The number of imidazole rings is 2. The van der Waals surface area contributed by atoms with Gasteiger partial charge in [-0.15, -0.1) is 0 Å². The Morgan fingerprint density at radius 3 is 2.33 bits per heavy atom. The number of carbonyl (C=O) groups is 1. The number of benzene rings is 2. The van der Waals surface area contributed by atoms with Crippen molar-refractivity contribution in [3.63, 3.8) is 0 Å². The van der Waals surface area contributed by atoms with Crippen LogP contribution in [0.5, 0.6) is 0 Å². The van der Waals surface area contributed by atoms with Gasteiger partial charge < -0.3 is 9.97 Å². The Labute approximate surface area is 156 Å². The van der Waals surface area contributed by atoms with E-state index in [0.717, 1.165) is 28.2 Å². The molecule has 0 aliphatic heterocycles. The van der Waals surface area contributed by atoms with Crippen LogP contribution in [-0.2, 0) is 11.2 Å². The van der Waals surface area contributed by atoms with Crippen molar-refractivity contribution in [2.75, 3.05) is 5.32 Å². The third-order valence-corrected chi connectivity index (χ3v) is 4.25. The van der Waals surface area contributed by atoms with Crippen LogP contribution in [0.4, 0.5) is 5.95 Å². The second kappa shape index (κ2) is 7.70. The molecule has 0 saturated heterocycles. The number of aryl methyl sites for hydroxylation is 1. The number of hydrogen-bond donors (Lipinski definition) is 3. The minimum Gasteiger partial charge on any atom is -0.348 e. The maximum Gasteiger partial charge on any atom is 0.227 e. The topological polar surface area (TPSA) is 86.5 Å². The minimum absolute atomic E-state index is 0.0995. The third-order valence-electron chi connectivity index (χ3n) is 4.25. The van der Waals surface area contributed by atoms with Crippen LogP contribution >= 0.6 is 0 Å². The van der Waals surface area contributed by atoms with E-state index in [9.17, 15) is 4.79 Å². The highest BCUT2D eigenvalue weighted by molar-refractivity contribution is 5.91. The Morgan fingerprint density at radius 2 is 1.67 bits per heavy atom. The average Bonchev–Trinajstić information content (AvgIpc) is 3.38. The van der Waals surface area contributed by atoms with Crippen molar-refractivity contribution in [3.8, 4) is 22.5 Å². The van der Waals surface area contributed by atoms with E-state index in [1.807, 2.05) is 60.7 Å². The lowest BCUT2D eigenvalue weighted by atomic mass is 10.1. The zero-order valence-corrected chi connectivity index (χ0v) is 14.6. The summed E-state index contributed by atoms with van der Waals surface area (Å²) in [5, 5.41) is 2.86. The lowest BCUT2D eigenvalue weighted by Crippen LogP contribution is -2.13. The molecule has 3 N–H and O–H groups in total. The van der Waals surface area contributed by atoms with Gasteiger partial charge in [-0.2, -0.15) is 0 Å². The molecule has 134 valence electrons. The highest BCUT2D eigenvalue weighted by atomic mass is 16.1. The summed E-state index contributed by atoms with van der Waals surface area (Å²) in [6.07, 6.45) is 4.28. The molecule has 0 aliphatic rings. The van der Waals surface area contributed by atoms with Crippen LogP contribution in [0.15, 0.2) is 73.2 Å². The SMILES string of the molecule is O=C(CCc1cnc[nH]1)Nc1nc(-c2ccccc2)c(-c2ccccc2)[nH]1. The maximum atomic E-state index is 12.3. The van der Waals surface area contributed by atoms with Crippen molar-refractivity contribution >= 4 is 11.9 Å². The zero-order chi connectivity index (χ0) is 18.5. The van der Waals surface area contributed by atoms with Gasteiger partial charge in [0.1, 0.15) is 0 Å². The molecule has 0 saturated carbocycles. The number of carbonyl (C=O) groups excluding carboxylic acids is 1. The van der Waals surface area contributed by atoms with Gasteiger partial charge in [0.2, 0.25) is 11.9 Å². The summed E-state index contributed by atoms with van der Waals surface area (Å²) in [6.45, 7) is 0. The molecule has 0 radical (unpaired) electrons. The summed E-state index contributed by atoms with van der Waals surface area (Å²) >= 11 is 0. The van der Waals surface area contributed by atoms with Gasteiger partial charge in [0.25, 0.3) is 0 Å². The van der Waals surface area contributed by atoms with Crippen molar-refractivity contribution < 1.29 is 4.79 Å². The van der Waals surface area contributed by atoms with Crippen LogP contribution in [0.1, 0.15) is 12.1 Å². The standard InChI is InChI=1S/C21H19N5O/c27-18(12-11-17-13-22-14-23-17)24-21-25-19(15-7-3-1-4-8-15)20(26-21)16-9-5-2-6-10-16/h1-10,13-14H,11-12H2,(H,22,23)(H2,24,25,26,27). The summed E-state index contributed by atoms with van der Waals surface area (Å²) in [7, 11) is 0. The molecule has 6 heteroatoms. The molecule has 0 bridgehead atoms. The van der Waals surface area contributed by atoms with E-state index in [1.54, 1.807) is 12.5 Å². The largest absolute Gasteiger partial charge is 0.348 e. The van der Waals surface area contributed by atoms with Gasteiger partial charge in [0.15, 0.2) is 0 Å². The van der Waals surface area contributed by atoms with Gasteiger partial charge in [0.05, 0.1) is 17.7 Å². The first-order chi connectivity index (χ1) is 13.3. The van der Waals surface area contributed by atoms with E-state index in [-0.39, 0.29) is 5.91 Å². The summed E-state index contributed by atoms with van der Waals surface area (Å²) in [5.41, 5.74) is 4.63. The number of nitrogens with one attached hydrogen (secondary N) is 3. The van der Waals surface area contributed by atoms with E-state index >= 15 is 0 Å². The predicted octanol–water partition coefficient (Wildman–Crippen LogP) is 4.04. The maximum absolute atomic E-state index is 12.3. The van der Waals surface area contributed by atoms with Crippen molar-refractivity contribution in [2.24, 2.45) is 0 Å². The highest BCUT2D eigenvalue weighted by Gasteiger charge is 2.15. The molecule has 1 amide bonds. The molecule has 2 aromatic carbocycles. The molecule has 0 aliphatic carbocycles. The number of aromatic nitrogens is 4. The molecular weight excluding hydrogens is 338 g/mol. The monoisotopic (exact) mass is 357 g/mol. The Bertz CT molecular complexity index is 950. The van der Waals surface area contributed by atoms with Crippen LogP contribution in [0.25, 0.3) is 22.5 Å². The molecule has 0 unspecified atom stereocenters. The van der Waals surface area contributed by atoms with Crippen molar-refractivity contribution in [3.05, 3.63) is 78.9 Å². The van der Waals surface area contributed by atoms with Gasteiger partial charge in [-0.3, -0.25) is 10.1 Å². The quantitative estimate of drug-likeness (QED) is 0.487. The Kier molecular flexibility index (Phi) is 4.78. The first-order valence-corrected chi connectivity index (χ1v) is 8.77. The fourth-order valence-corrected chi connectivity index (χ4v) is 2.92. The first kappa shape index (κ1) is 16.8. The third kappa shape index (κ3) is 3.95. The number of aromatic amines is 2. The van der Waals surface area contributed by atoms with Gasteiger partial charge in [-0.1, -0.05) is 60.7 Å². The van der Waals surface area contributed by atoms with Crippen LogP contribution in [-0.4, -0.2) is 25.8 Å². The number of anilines is 1. The number of rotatable bonds is 6. The fourth-order valence-electron chi connectivity index (χ4n) is 2.92. The number of hydrogen-bond acceptors (Lipinski definition) is 3. The second-order valence-corrected chi connectivity index (χ2v) is 6.17. The molecule has 0 spiro atoms. The van der Waals surface area contributed by atoms with Crippen LogP contribution < -0.4 is 5.32 Å². The molecule has 6 nitrogen and oxygen atoms in total. The van der Waals surface area contributed by atoms with Gasteiger partial charge in [0, 0.05) is 29.4 Å². The zero-order valence-electron chi connectivity index (χ0n) is 14.6. The number of nitrogens with zero attached hydrogens (tertiary/aromatic N) is 2. The predicted molar refractivity (Wildman–Crippen MR) is 105 cm³/mol. The summed E-state index contributed by atoms with van der Waals surface area (Å²) in [5.74, 6) is 0.347. The molecule has 4 rings (SSSR count). The molecule has 4 aromatic rings.